The summed E-state index contributed by atoms with van der Waals surface area (Å²) in [5.74, 6) is -0.888. The number of halogens is 2. The van der Waals surface area contributed by atoms with Crippen molar-refractivity contribution in [3.05, 3.63) is 63.7 Å². The number of ether oxygens (including phenoxy) is 1. The third-order valence-electron chi connectivity index (χ3n) is 4.07. The lowest BCUT2D eigenvalue weighted by Gasteiger charge is -2.28. The maximum absolute atomic E-state index is 12.7. The minimum absolute atomic E-state index is 0.00891. The highest BCUT2D eigenvalue weighted by atomic mass is 35.7. The fraction of sp³-hybridized carbons (Fsp3) is 0.176. The van der Waals surface area contributed by atoms with Crippen LogP contribution in [0.2, 0.25) is 0 Å². The molecule has 0 bridgehead atoms. The molecule has 0 N–H and O–H groups in total. The fourth-order valence-electron chi connectivity index (χ4n) is 3.11. The smallest absolute Gasteiger partial charge is 0.334 e. The van der Waals surface area contributed by atoms with Gasteiger partial charge in [0.2, 0.25) is 10.3 Å². The van der Waals surface area contributed by atoms with Crippen LogP contribution in [0.3, 0.4) is 0 Å². The zero-order valence-corrected chi connectivity index (χ0v) is 17.4. The summed E-state index contributed by atoms with van der Waals surface area (Å²) in [6.45, 7) is 1.56. The van der Waals surface area contributed by atoms with Gasteiger partial charge in [-0.25, -0.2) is 13.2 Å². The van der Waals surface area contributed by atoms with Crippen molar-refractivity contribution in [1.29, 1.82) is 0 Å². The van der Waals surface area contributed by atoms with Crippen molar-refractivity contribution >= 4 is 58.1 Å². The van der Waals surface area contributed by atoms with Crippen LogP contribution in [0.1, 0.15) is 6.92 Å². The summed E-state index contributed by atoms with van der Waals surface area (Å²) in [4.78, 5) is 13.1. The fourth-order valence-corrected chi connectivity index (χ4v) is 5.53. The predicted octanol–water partition coefficient (Wildman–Crippen LogP) is 2.33. The van der Waals surface area contributed by atoms with Crippen molar-refractivity contribution in [3.63, 3.8) is 0 Å². The van der Waals surface area contributed by atoms with Gasteiger partial charge < -0.3 is 9.64 Å². The normalized spacial score (nSPS) is 19.2. The summed E-state index contributed by atoms with van der Waals surface area (Å²) in [6, 6.07) is 6.90. The van der Waals surface area contributed by atoms with Crippen LogP contribution >= 0.6 is 22.3 Å². The Bertz CT molecular complexity index is 1170. The Morgan fingerprint density at radius 2 is 1.86 bits per heavy atom. The molecule has 0 fully saturated rings. The summed E-state index contributed by atoms with van der Waals surface area (Å²) < 4.78 is 53.6. The van der Waals surface area contributed by atoms with Crippen LogP contribution in [0.25, 0.3) is 0 Å². The van der Waals surface area contributed by atoms with E-state index in [1.807, 2.05) is 0 Å². The third kappa shape index (κ3) is 3.50. The van der Waals surface area contributed by atoms with E-state index in [1.165, 1.54) is 17.1 Å². The van der Waals surface area contributed by atoms with E-state index in [-0.39, 0.29) is 22.9 Å². The lowest BCUT2D eigenvalue weighted by atomic mass is 10.0. The predicted molar refractivity (Wildman–Crippen MR) is 107 cm³/mol. The van der Waals surface area contributed by atoms with Gasteiger partial charge in [0.25, 0.3) is 9.05 Å². The molecule has 0 radical (unpaired) electrons. The average molecular weight is 462 g/mol. The second-order valence-electron chi connectivity index (χ2n) is 5.67. The zero-order valence-electron chi connectivity index (χ0n) is 14.3. The Morgan fingerprint density at radius 3 is 2.39 bits per heavy atom. The van der Waals surface area contributed by atoms with E-state index in [2.05, 4.69) is 0 Å². The van der Waals surface area contributed by atoms with Crippen molar-refractivity contribution in [2.24, 2.45) is 0 Å². The van der Waals surface area contributed by atoms with Crippen LogP contribution in [0, 0.1) is 0 Å². The highest BCUT2D eigenvalue weighted by Crippen LogP contribution is 2.45. The van der Waals surface area contributed by atoms with Crippen molar-refractivity contribution in [3.8, 4) is 0 Å². The first-order valence-electron chi connectivity index (χ1n) is 7.93. The van der Waals surface area contributed by atoms with E-state index >= 15 is 0 Å². The molecule has 1 aromatic carbocycles. The van der Waals surface area contributed by atoms with Gasteiger partial charge in [0, 0.05) is 21.9 Å². The molecule has 2 aliphatic rings. The van der Waals surface area contributed by atoms with Gasteiger partial charge in [0.05, 0.1) is 17.3 Å². The molecular formula is C17H13Cl2NO6S2. The summed E-state index contributed by atoms with van der Waals surface area (Å²) in [6.07, 6.45) is 2.75. The zero-order chi connectivity index (χ0) is 20.6. The molecule has 3 rings (SSSR count). The Hall–Kier alpha value is -2.07. The number of fused-ring (bicyclic) bond motifs is 1. The Kier molecular flexibility index (Phi) is 5.72. The Morgan fingerprint density at radius 1 is 1.21 bits per heavy atom. The van der Waals surface area contributed by atoms with E-state index in [0.29, 0.717) is 5.69 Å². The minimum Gasteiger partial charge on any atom is -0.464 e. The monoisotopic (exact) mass is 461 g/mol. The number of esters is 1. The van der Waals surface area contributed by atoms with Crippen molar-refractivity contribution in [2.45, 2.75) is 13.0 Å². The number of carbonyl (C=O) groups is 1. The SMILES string of the molecule is CCOC(=O)C1C(S(=O)(=O)Cl)=C2C(=CC=C(Cl)C2=S(=O)=O)N1c1ccccc1. The first-order valence-corrected chi connectivity index (χ1v) is 11.7. The van der Waals surface area contributed by atoms with Gasteiger partial charge in [0.15, 0.2) is 6.04 Å². The first kappa shape index (κ1) is 20.7. The maximum atomic E-state index is 12.7. The number of anilines is 1. The first-order chi connectivity index (χ1) is 13.2. The van der Waals surface area contributed by atoms with Crippen LogP contribution in [0.4, 0.5) is 5.69 Å². The number of hydrogen-bond donors (Lipinski definition) is 0. The second-order valence-corrected chi connectivity index (χ2v) is 9.49. The molecule has 7 nitrogen and oxygen atoms in total. The molecule has 11 heteroatoms. The Balaban J connectivity index is 2.42. The second kappa shape index (κ2) is 7.75. The summed E-state index contributed by atoms with van der Waals surface area (Å²) in [5, 5.41) is -0.192. The quantitative estimate of drug-likeness (QED) is 0.385. The van der Waals surface area contributed by atoms with E-state index in [4.69, 9.17) is 27.0 Å². The van der Waals surface area contributed by atoms with E-state index in [1.54, 1.807) is 37.3 Å². The molecule has 0 spiro atoms. The van der Waals surface area contributed by atoms with Crippen LogP contribution in [-0.4, -0.2) is 40.3 Å². The largest absolute Gasteiger partial charge is 0.464 e. The number of rotatable bonds is 4. The number of allylic oxidation sites excluding steroid dienone is 4. The van der Waals surface area contributed by atoms with Gasteiger partial charge in [-0.2, -0.15) is 8.42 Å². The molecule has 0 aromatic heterocycles. The molecule has 1 aromatic rings. The number of para-hydroxylation sites is 1. The summed E-state index contributed by atoms with van der Waals surface area (Å²) in [5.41, 5.74) is 0.367. The van der Waals surface area contributed by atoms with Gasteiger partial charge in [-0.05, 0) is 31.2 Å². The molecule has 0 amide bonds. The van der Waals surface area contributed by atoms with Gasteiger partial charge in [0.1, 0.15) is 9.77 Å². The molecule has 1 heterocycles. The Labute approximate surface area is 172 Å². The van der Waals surface area contributed by atoms with Crippen LogP contribution < -0.4 is 4.90 Å². The minimum atomic E-state index is -4.53. The van der Waals surface area contributed by atoms with E-state index in [0.717, 1.165) is 0 Å². The number of benzene rings is 1. The van der Waals surface area contributed by atoms with Crippen molar-refractivity contribution < 1.29 is 26.4 Å². The lowest BCUT2D eigenvalue weighted by Crippen LogP contribution is -2.40. The highest BCUT2D eigenvalue weighted by molar-refractivity contribution is 8.17. The average Bonchev–Trinajstić information content (AvgIpc) is 2.97. The summed E-state index contributed by atoms with van der Waals surface area (Å²) >= 11 is 6.02. The third-order valence-corrected chi connectivity index (χ3v) is 6.71. The maximum Gasteiger partial charge on any atom is 0.334 e. The molecule has 148 valence electrons. The van der Waals surface area contributed by atoms with E-state index in [9.17, 15) is 21.6 Å². The van der Waals surface area contributed by atoms with Gasteiger partial charge in [-0.1, -0.05) is 29.8 Å². The molecule has 1 unspecified atom stereocenters. The van der Waals surface area contributed by atoms with E-state index < -0.39 is 41.1 Å². The lowest BCUT2D eigenvalue weighted by molar-refractivity contribution is -0.143. The molecule has 28 heavy (non-hydrogen) atoms. The highest BCUT2D eigenvalue weighted by Gasteiger charge is 2.50. The molecule has 1 aliphatic carbocycles. The number of nitrogens with zero attached hydrogens (tertiary/aromatic N) is 1. The molecule has 0 saturated heterocycles. The molecule has 1 atom stereocenters. The van der Waals surface area contributed by atoms with Crippen LogP contribution in [-0.2, 0) is 28.9 Å². The van der Waals surface area contributed by atoms with Gasteiger partial charge >= 0.3 is 5.97 Å². The van der Waals surface area contributed by atoms with Crippen molar-refractivity contribution in [1.82, 2.24) is 0 Å². The molecule has 0 saturated carbocycles. The van der Waals surface area contributed by atoms with Gasteiger partial charge in [-0.15, -0.1) is 0 Å². The van der Waals surface area contributed by atoms with Gasteiger partial charge in [-0.3, -0.25) is 0 Å². The topological polar surface area (TPSA) is 97.8 Å². The molecular weight excluding hydrogens is 449 g/mol. The van der Waals surface area contributed by atoms with Crippen molar-refractivity contribution in [2.75, 3.05) is 11.5 Å². The van der Waals surface area contributed by atoms with Crippen LogP contribution in [0.15, 0.2) is 63.7 Å². The summed E-state index contributed by atoms with van der Waals surface area (Å²) in [7, 11) is -1.77. The number of hydrogen-bond acceptors (Lipinski definition) is 7. The standard InChI is InChI=1S/C17H13Cl2NO6S2/c1-2-26-17(21)14-16(28(19,24)25)13-12(9-8-11(18)15(13)27(22)23)20(14)10-6-4-3-5-7-10/h3-9,14H,2H2,1H3. The number of carbonyl (C=O) groups excluding carboxylic acids is 1. The van der Waals surface area contributed by atoms with Crippen LogP contribution in [0.5, 0.6) is 0 Å². The molecule has 1 aliphatic heterocycles.